The standard InChI is InChI=1S/C57H103N2O6P/c1-6-8-10-12-14-16-18-20-22-24-25-26-27-28-29-30-31-32-33-35-37-39-41-43-45-47-49-51-57(61)58-55(54-65-66(62,63)64-53-52-59(3,4)5)56(60)50-48-46-44-42-40-38-36-34-23-21-19-17-15-13-11-9-7-2/h8,10,14,16,20,22,25-26,28-29,31-32,35,37,55-56,60H,6-7,9,11-13,15,17-19,21,23-24,27,30,33-34,36,38-54H2,1-5H3,(H-,58,61,62,63)/b10-8-,16-14-,22-20-,26-25-,29-28-,32-31-,37-35-. The van der Waals surface area contributed by atoms with E-state index >= 15 is 0 Å². The van der Waals surface area contributed by atoms with Gasteiger partial charge in [-0.05, 0) is 70.6 Å². The van der Waals surface area contributed by atoms with E-state index < -0.39 is 20.0 Å². The van der Waals surface area contributed by atoms with Crippen molar-refractivity contribution in [3.05, 3.63) is 85.1 Å². The minimum absolute atomic E-state index is 0.00369. The summed E-state index contributed by atoms with van der Waals surface area (Å²) < 4.78 is 23.4. The first-order chi connectivity index (χ1) is 32.0. The molecule has 382 valence electrons. The summed E-state index contributed by atoms with van der Waals surface area (Å²) in [5, 5.41) is 14.0. The minimum Gasteiger partial charge on any atom is -0.756 e. The zero-order valence-electron chi connectivity index (χ0n) is 43.4. The van der Waals surface area contributed by atoms with Gasteiger partial charge in [0.25, 0.3) is 7.82 Å². The normalized spacial score (nSPS) is 14.7. The van der Waals surface area contributed by atoms with Crippen LogP contribution in [-0.2, 0) is 18.4 Å². The van der Waals surface area contributed by atoms with Gasteiger partial charge in [0.05, 0.1) is 39.9 Å². The van der Waals surface area contributed by atoms with Crippen molar-refractivity contribution in [2.24, 2.45) is 0 Å². The number of phosphoric ester groups is 1. The second-order valence-corrected chi connectivity index (χ2v) is 20.6. The fourth-order valence-electron chi connectivity index (χ4n) is 7.43. The number of carbonyl (C=O) groups is 1. The first-order valence-electron chi connectivity index (χ1n) is 26.9. The van der Waals surface area contributed by atoms with Crippen molar-refractivity contribution in [1.82, 2.24) is 5.32 Å². The van der Waals surface area contributed by atoms with E-state index in [9.17, 15) is 19.4 Å². The topological polar surface area (TPSA) is 108 Å². The number of hydrogen-bond acceptors (Lipinski definition) is 6. The maximum absolute atomic E-state index is 13.0. The number of nitrogens with one attached hydrogen (secondary N) is 1. The Kier molecular flexibility index (Phi) is 46.1. The lowest BCUT2D eigenvalue weighted by atomic mass is 10.0. The monoisotopic (exact) mass is 943 g/mol. The quantitative estimate of drug-likeness (QED) is 0.0272. The number of nitrogens with zero attached hydrogens (tertiary/aromatic N) is 1. The van der Waals surface area contributed by atoms with E-state index in [0.29, 0.717) is 23.9 Å². The van der Waals surface area contributed by atoms with Crippen LogP contribution >= 0.6 is 7.82 Å². The molecule has 0 aromatic rings. The number of rotatable bonds is 48. The van der Waals surface area contributed by atoms with Gasteiger partial charge in [0.1, 0.15) is 13.2 Å². The van der Waals surface area contributed by atoms with E-state index in [1.54, 1.807) is 0 Å². The number of unbranched alkanes of at least 4 members (excludes halogenated alkanes) is 21. The summed E-state index contributed by atoms with van der Waals surface area (Å²) in [4.78, 5) is 25.5. The number of likely N-dealkylation sites (N-methyl/N-ethyl adjacent to an activating group) is 1. The van der Waals surface area contributed by atoms with Gasteiger partial charge in [0.15, 0.2) is 0 Å². The van der Waals surface area contributed by atoms with Crippen molar-refractivity contribution in [2.75, 3.05) is 40.9 Å². The summed E-state index contributed by atoms with van der Waals surface area (Å²) in [6.07, 6.45) is 65.9. The van der Waals surface area contributed by atoms with E-state index in [-0.39, 0.29) is 19.1 Å². The Hall–Kier alpha value is -2.32. The van der Waals surface area contributed by atoms with Crippen LogP contribution in [0.4, 0.5) is 0 Å². The molecule has 8 nitrogen and oxygen atoms in total. The molecule has 0 saturated heterocycles. The Morgan fingerprint density at radius 3 is 1.35 bits per heavy atom. The Morgan fingerprint density at radius 2 is 0.924 bits per heavy atom. The Balaban J connectivity index is 4.30. The van der Waals surface area contributed by atoms with Crippen molar-refractivity contribution in [1.29, 1.82) is 0 Å². The SMILES string of the molecule is CC/C=C\C/C=C\C/C=C\C/C=C\C/C=C\C/C=C\C/C=C\CCCCCCCC(=O)NC(COP(=O)([O-])OCC[N+](C)(C)C)C(O)CCCCCCCCCCCCCCCCCCC. The molecule has 0 saturated carbocycles. The third kappa shape index (κ3) is 49.6. The van der Waals surface area contributed by atoms with Gasteiger partial charge in [0.2, 0.25) is 5.91 Å². The molecule has 0 aliphatic rings. The maximum Gasteiger partial charge on any atom is 0.268 e. The van der Waals surface area contributed by atoms with E-state index in [2.05, 4.69) is 104 Å². The van der Waals surface area contributed by atoms with Crippen LogP contribution in [-0.4, -0.2) is 68.5 Å². The number of aliphatic hydroxyl groups excluding tert-OH is 1. The molecular weight excluding hydrogens is 840 g/mol. The first kappa shape index (κ1) is 63.7. The van der Waals surface area contributed by atoms with Crippen LogP contribution < -0.4 is 10.2 Å². The molecule has 0 aromatic carbocycles. The number of hydrogen-bond donors (Lipinski definition) is 2. The molecule has 0 heterocycles. The molecule has 3 unspecified atom stereocenters. The van der Waals surface area contributed by atoms with E-state index in [4.69, 9.17) is 9.05 Å². The lowest BCUT2D eigenvalue weighted by Crippen LogP contribution is -2.46. The lowest BCUT2D eigenvalue weighted by Gasteiger charge is -2.30. The Labute approximate surface area is 407 Å². The molecule has 3 atom stereocenters. The van der Waals surface area contributed by atoms with Crippen molar-refractivity contribution in [3.8, 4) is 0 Å². The van der Waals surface area contributed by atoms with Gasteiger partial charge in [0, 0.05) is 6.42 Å². The number of phosphoric acid groups is 1. The highest BCUT2D eigenvalue weighted by atomic mass is 31.2. The number of amides is 1. The predicted octanol–water partition coefficient (Wildman–Crippen LogP) is 15.5. The lowest BCUT2D eigenvalue weighted by molar-refractivity contribution is -0.870. The van der Waals surface area contributed by atoms with Gasteiger partial charge in [-0.3, -0.25) is 9.36 Å². The van der Waals surface area contributed by atoms with Gasteiger partial charge in [-0.25, -0.2) is 0 Å². The zero-order chi connectivity index (χ0) is 48.5. The van der Waals surface area contributed by atoms with E-state index in [1.165, 1.54) is 89.9 Å². The van der Waals surface area contributed by atoms with Crippen molar-refractivity contribution in [3.63, 3.8) is 0 Å². The summed E-state index contributed by atoms with van der Waals surface area (Å²) in [6, 6.07) is -0.817. The van der Waals surface area contributed by atoms with Crippen LogP contribution in [0.3, 0.4) is 0 Å². The molecule has 2 N–H and O–H groups in total. The minimum atomic E-state index is -4.58. The maximum atomic E-state index is 13.0. The molecule has 0 aliphatic heterocycles. The third-order valence-electron chi connectivity index (χ3n) is 11.6. The smallest absolute Gasteiger partial charge is 0.268 e. The number of allylic oxidation sites excluding steroid dienone is 14. The highest BCUT2D eigenvalue weighted by Gasteiger charge is 2.24. The Morgan fingerprint density at radius 1 is 0.545 bits per heavy atom. The molecule has 1 amide bonds. The van der Waals surface area contributed by atoms with Gasteiger partial charge in [-0.15, -0.1) is 0 Å². The molecular formula is C57H103N2O6P. The first-order valence-corrected chi connectivity index (χ1v) is 28.4. The molecule has 0 bridgehead atoms. The summed E-state index contributed by atoms with van der Waals surface area (Å²) in [6.45, 7) is 4.59. The fourth-order valence-corrected chi connectivity index (χ4v) is 8.15. The summed E-state index contributed by atoms with van der Waals surface area (Å²) in [5.74, 6) is -0.186. The van der Waals surface area contributed by atoms with Gasteiger partial charge in [-0.2, -0.15) is 0 Å². The molecule has 0 fully saturated rings. The van der Waals surface area contributed by atoms with Crippen molar-refractivity contribution in [2.45, 2.75) is 231 Å². The summed E-state index contributed by atoms with van der Waals surface area (Å²) >= 11 is 0. The Bertz CT molecular complexity index is 1350. The molecule has 0 radical (unpaired) electrons. The van der Waals surface area contributed by atoms with Crippen LogP contribution in [0.2, 0.25) is 0 Å². The van der Waals surface area contributed by atoms with E-state index in [0.717, 1.165) is 103 Å². The van der Waals surface area contributed by atoms with Crippen molar-refractivity contribution < 1.29 is 32.9 Å². The number of quaternary nitrogens is 1. The molecule has 0 rings (SSSR count). The second-order valence-electron chi connectivity index (χ2n) is 19.2. The highest BCUT2D eigenvalue weighted by Crippen LogP contribution is 2.38. The number of aliphatic hydroxyl groups is 1. The molecule has 0 aliphatic carbocycles. The van der Waals surface area contributed by atoms with Crippen molar-refractivity contribution >= 4 is 13.7 Å². The zero-order valence-corrected chi connectivity index (χ0v) is 44.3. The average Bonchev–Trinajstić information content (AvgIpc) is 3.28. The number of carbonyl (C=O) groups excluding carboxylic acids is 1. The fraction of sp³-hybridized carbons (Fsp3) is 0.737. The molecule has 0 aromatic heterocycles. The summed E-state index contributed by atoms with van der Waals surface area (Å²) in [5.41, 5.74) is 0. The van der Waals surface area contributed by atoms with Crippen LogP contribution in [0.5, 0.6) is 0 Å². The van der Waals surface area contributed by atoms with Crippen LogP contribution in [0, 0.1) is 0 Å². The highest BCUT2D eigenvalue weighted by molar-refractivity contribution is 7.45. The largest absolute Gasteiger partial charge is 0.756 e. The van der Waals surface area contributed by atoms with Crippen LogP contribution in [0.15, 0.2) is 85.1 Å². The van der Waals surface area contributed by atoms with E-state index in [1.807, 2.05) is 21.1 Å². The van der Waals surface area contributed by atoms with Gasteiger partial charge >= 0.3 is 0 Å². The summed E-state index contributed by atoms with van der Waals surface area (Å²) in [7, 11) is 1.28. The van der Waals surface area contributed by atoms with Gasteiger partial charge < -0.3 is 28.8 Å². The van der Waals surface area contributed by atoms with Crippen LogP contribution in [0.1, 0.15) is 219 Å². The second kappa shape index (κ2) is 47.7. The van der Waals surface area contributed by atoms with Gasteiger partial charge in [-0.1, -0.05) is 227 Å². The predicted molar refractivity (Wildman–Crippen MR) is 283 cm³/mol. The molecule has 0 spiro atoms. The average molecular weight is 943 g/mol. The third-order valence-corrected chi connectivity index (χ3v) is 12.6. The van der Waals surface area contributed by atoms with Crippen LogP contribution in [0.25, 0.3) is 0 Å². The molecule has 66 heavy (non-hydrogen) atoms. The molecule has 9 heteroatoms.